The Kier molecular flexibility index (Phi) is 3.15. The van der Waals surface area contributed by atoms with E-state index < -0.39 is 0 Å². The fourth-order valence-electron chi connectivity index (χ4n) is 5.71. The topological polar surface area (TPSA) is 26.3 Å². The second kappa shape index (κ2) is 4.84. The highest BCUT2D eigenvalue weighted by Gasteiger charge is 2.54. The van der Waals surface area contributed by atoms with Gasteiger partial charge in [-0.05, 0) is 79.5 Å². The Labute approximate surface area is 133 Å². The van der Waals surface area contributed by atoms with Crippen LogP contribution in [0, 0.1) is 24.2 Å². The Hall–Kier alpha value is -1.31. The van der Waals surface area contributed by atoms with Crippen molar-refractivity contribution in [1.29, 1.82) is 0 Å². The number of aryl methyl sites for hydroxylation is 2. The number of hydrogen-bond donors (Lipinski definition) is 0. The molecule has 1 aromatic rings. The highest BCUT2D eigenvalue weighted by atomic mass is 16.5. The summed E-state index contributed by atoms with van der Waals surface area (Å²) in [5.41, 5.74) is 4.26. The molecule has 2 fully saturated rings. The van der Waals surface area contributed by atoms with Crippen molar-refractivity contribution in [2.75, 3.05) is 7.11 Å². The smallest absolute Gasteiger partial charge is 0.139 e. The molecule has 0 amide bonds. The normalized spacial score (nSPS) is 36.5. The van der Waals surface area contributed by atoms with Crippen LogP contribution in [0.15, 0.2) is 12.1 Å². The summed E-state index contributed by atoms with van der Waals surface area (Å²) in [7, 11) is 1.77. The molecule has 2 heteroatoms. The first-order chi connectivity index (χ1) is 10.5. The number of carbonyl (C=O) groups is 1. The van der Waals surface area contributed by atoms with E-state index in [4.69, 9.17) is 4.74 Å². The van der Waals surface area contributed by atoms with Gasteiger partial charge >= 0.3 is 0 Å². The number of Topliss-reactive ketones (excluding diaryl/α,β-unsaturated/α-hetero) is 1. The van der Waals surface area contributed by atoms with Gasteiger partial charge in [0.2, 0.25) is 0 Å². The summed E-state index contributed by atoms with van der Waals surface area (Å²) in [5.74, 6) is 3.50. The van der Waals surface area contributed by atoms with Gasteiger partial charge in [0.1, 0.15) is 11.5 Å². The molecule has 2 nitrogen and oxygen atoms in total. The molecule has 3 aliphatic rings. The predicted molar refractivity (Wildman–Crippen MR) is 87.4 cm³/mol. The third-order valence-electron chi connectivity index (χ3n) is 6.95. The average Bonchev–Trinajstić information content (AvgIpc) is 2.82. The van der Waals surface area contributed by atoms with E-state index in [1.807, 2.05) is 0 Å². The van der Waals surface area contributed by atoms with Crippen LogP contribution in [0.1, 0.15) is 61.6 Å². The van der Waals surface area contributed by atoms with E-state index in [9.17, 15) is 4.79 Å². The third-order valence-corrected chi connectivity index (χ3v) is 6.95. The standard InChI is InChI=1S/C20H26O2/c1-12-10-13-4-5-15-14(16(13)11-18(12)22-3)8-9-20(2)17(15)6-7-19(20)21/h10-11,14-15,17H,4-9H2,1-3H3/t14?,15?,17?,20-/m0/s1. The number of ether oxygens (including phenoxy) is 1. The number of methoxy groups -OCH3 is 1. The summed E-state index contributed by atoms with van der Waals surface area (Å²) >= 11 is 0. The van der Waals surface area contributed by atoms with Gasteiger partial charge in [0.05, 0.1) is 7.11 Å². The first kappa shape index (κ1) is 14.3. The van der Waals surface area contributed by atoms with E-state index in [0.717, 1.165) is 25.0 Å². The van der Waals surface area contributed by atoms with Crippen molar-refractivity contribution >= 4 is 5.78 Å². The quantitative estimate of drug-likeness (QED) is 0.766. The zero-order valence-electron chi connectivity index (χ0n) is 13.9. The fourth-order valence-corrected chi connectivity index (χ4v) is 5.71. The second-order valence-electron chi connectivity index (χ2n) is 7.85. The Morgan fingerprint density at radius 2 is 2.00 bits per heavy atom. The van der Waals surface area contributed by atoms with E-state index in [1.165, 1.54) is 36.0 Å². The Balaban J connectivity index is 1.74. The molecule has 0 N–H and O–H groups in total. The highest BCUT2D eigenvalue weighted by molar-refractivity contribution is 5.87. The van der Waals surface area contributed by atoms with Crippen LogP contribution in [0.2, 0.25) is 0 Å². The van der Waals surface area contributed by atoms with Crippen LogP contribution in [0.5, 0.6) is 5.75 Å². The Morgan fingerprint density at radius 3 is 2.77 bits per heavy atom. The van der Waals surface area contributed by atoms with Crippen LogP contribution in [-0.4, -0.2) is 12.9 Å². The van der Waals surface area contributed by atoms with Crippen LogP contribution >= 0.6 is 0 Å². The largest absolute Gasteiger partial charge is 0.496 e. The molecule has 0 radical (unpaired) electrons. The van der Waals surface area contributed by atoms with Crippen molar-refractivity contribution in [3.63, 3.8) is 0 Å². The molecule has 3 aliphatic carbocycles. The maximum atomic E-state index is 12.4. The lowest BCUT2D eigenvalue weighted by molar-refractivity contribution is -0.129. The molecule has 0 aromatic heterocycles. The Bertz CT molecular complexity index is 633. The second-order valence-corrected chi connectivity index (χ2v) is 7.85. The summed E-state index contributed by atoms with van der Waals surface area (Å²) in [6.07, 6.45) is 6.61. The van der Waals surface area contributed by atoms with Crippen LogP contribution in [0.3, 0.4) is 0 Å². The number of rotatable bonds is 1. The van der Waals surface area contributed by atoms with Crippen molar-refractivity contribution in [2.45, 2.75) is 58.3 Å². The van der Waals surface area contributed by atoms with Crippen molar-refractivity contribution in [3.05, 3.63) is 28.8 Å². The minimum absolute atomic E-state index is 0.0204. The van der Waals surface area contributed by atoms with Gasteiger partial charge in [-0.3, -0.25) is 4.79 Å². The van der Waals surface area contributed by atoms with Crippen LogP contribution in [-0.2, 0) is 11.2 Å². The van der Waals surface area contributed by atoms with Crippen LogP contribution in [0.25, 0.3) is 0 Å². The maximum absolute atomic E-state index is 12.4. The van der Waals surface area contributed by atoms with Gasteiger partial charge in [-0.1, -0.05) is 13.0 Å². The molecule has 4 atom stereocenters. The monoisotopic (exact) mass is 298 g/mol. The van der Waals surface area contributed by atoms with Crippen LogP contribution < -0.4 is 4.74 Å². The molecule has 22 heavy (non-hydrogen) atoms. The molecule has 3 unspecified atom stereocenters. The van der Waals surface area contributed by atoms with E-state index in [0.29, 0.717) is 23.5 Å². The van der Waals surface area contributed by atoms with Crippen molar-refractivity contribution in [2.24, 2.45) is 17.3 Å². The molecule has 2 saturated carbocycles. The lowest BCUT2D eigenvalue weighted by atomic mass is 9.55. The Morgan fingerprint density at radius 1 is 1.18 bits per heavy atom. The molecule has 0 aliphatic heterocycles. The zero-order chi connectivity index (χ0) is 15.5. The molecule has 0 heterocycles. The average molecular weight is 298 g/mol. The summed E-state index contributed by atoms with van der Waals surface area (Å²) in [5, 5.41) is 0. The van der Waals surface area contributed by atoms with E-state index in [2.05, 4.69) is 26.0 Å². The van der Waals surface area contributed by atoms with Gasteiger partial charge in [-0.15, -0.1) is 0 Å². The molecule has 0 saturated heterocycles. The maximum Gasteiger partial charge on any atom is 0.139 e. The lowest BCUT2D eigenvalue weighted by Gasteiger charge is -2.48. The van der Waals surface area contributed by atoms with Crippen molar-refractivity contribution in [3.8, 4) is 5.75 Å². The zero-order valence-corrected chi connectivity index (χ0v) is 13.9. The molecule has 1 aromatic carbocycles. The van der Waals surface area contributed by atoms with Gasteiger partial charge in [-0.25, -0.2) is 0 Å². The highest BCUT2D eigenvalue weighted by Crippen LogP contribution is 2.59. The van der Waals surface area contributed by atoms with Gasteiger partial charge < -0.3 is 4.74 Å². The number of carbonyl (C=O) groups excluding carboxylic acids is 1. The predicted octanol–water partition coefficient (Wildman–Crippen LogP) is 4.43. The number of fused-ring (bicyclic) bond motifs is 5. The summed E-state index contributed by atoms with van der Waals surface area (Å²) in [6.45, 7) is 4.38. The minimum atomic E-state index is -0.0204. The molecular formula is C20H26O2. The van der Waals surface area contributed by atoms with E-state index in [-0.39, 0.29) is 5.41 Å². The molecule has 0 bridgehead atoms. The van der Waals surface area contributed by atoms with Crippen molar-refractivity contribution in [1.82, 2.24) is 0 Å². The first-order valence-corrected chi connectivity index (χ1v) is 8.75. The van der Waals surface area contributed by atoms with E-state index >= 15 is 0 Å². The van der Waals surface area contributed by atoms with Gasteiger partial charge in [-0.2, -0.15) is 0 Å². The lowest BCUT2D eigenvalue weighted by Crippen LogP contribution is -2.42. The summed E-state index contributed by atoms with van der Waals surface area (Å²) in [4.78, 5) is 12.4. The molecule has 0 spiro atoms. The molecular weight excluding hydrogens is 272 g/mol. The summed E-state index contributed by atoms with van der Waals surface area (Å²) in [6, 6.07) is 4.62. The fraction of sp³-hybridized carbons (Fsp3) is 0.650. The SMILES string of the molecule is COc1cc2c(cc1C)CCC1C2CC[C@]2(C)C(=O)CCC12. The van der Waals surface area contributed by atoms with Crippen molar-refractivity contribution < 1.29 is 9.53 Å². The van der Waals surface area contributed by atoms with Gasteiger partial charge in [0, 0.05) is 11.8 Å². The van der Waals surface area contributed by atoms with E-state index in [1.54, 1.807) is 7.11 Å². The molecule has 4 rings (SSSR count). The minimum Gasteiger partial charge on any atom is -0.496 e. The molecule has 118 valence electrons. The number of hydrogen-bond acceptors (Lipinski definition) is 2. The van der Waals surface area contributed by atoms with Gasteiger partial charge in [0.25, 0.3) is 0 Å². The van der Waals surface area contributed by atoms with Crippen LogP contribution in [0.4, 0.5) is 0 Å². The summed E-state index contributed by atoms with van der Waals surface area (Å²) < 4.78 is 5.56. The number of benzene rings is 1. The number of ketones is 1. The third kappa shape index (κ3) is 1.82. The first-order valence-electron chi connectivity index (χ1n) is 8.75. The van der Waals surface area contributed by atoms with Gasteiger partial charge in [0.15, 0.2) is 0 Å².